The minimum absolute atomic E-state index is 0.276. The average Bonchev–Trinajstić information content (AvgIpc) is 3.22. The molecule has 2 unspecified atom stereocenters. The smallest absolute Gasteiger partial charge is 0.261 e. The van der Waals surface area contributed by atoms with Crippen molar-refractivity contribution in [2.45, 2.75) is 44.6 Å². The highest BCUT2D eigenvalue weighted by atomic mass is 16.5. The topological polar surface area (TPSA) is 72.0 Å². The van der Waals surface area contributed by atoms with Gasteiger partial charge in [0.1, 0.15) is 0 Å². The van der Waals surface area contributed by atoms with Gasteiger partial charge in [-0.25, -0.2) is 0 Å². The van der Waals surface area contributed by atoms with Crippen LogP contribution in [0.5, 0.6) is 0 Å². The van der Waals surface area contributed by atoms with Crippen molar-refractivity contribution in [3.8, 4) is 11.5 Å². The van der Waals surface area contributed by atoms with Gasteiger partial charge in [-0.1, -0.05) is 18.0 Å². The molecule has 7 nitrogen and oxygen atoms in total. The lowest BCUT2D eigenvalue weighted by Crippen LogP contribution is -2.40. The highest BCUT2D eigenvalue weighted by Gasteiger charge is 2.29. The Morgan fingerprint density at radius 1 is 1.24 bits per heavy atom. The van der Waals surface area contributed by atoms with E-state index in [-0.39, 0.29) is 6.04 Å². The van der Waals surface area contributed by atoms with Gasteiger partial charge in [0.05, 0.1) is 17.8 Å². The predicted octanol–water partition coefficient (Wildman–Crippen LogP) is 2.39. The number of aryl methyl sites for hydroxylation is 1. The van der Waals surface area contributed by atoms with E-state index >= 15 is 0 Å². The fourth-order valence-electron chi connectivity index (χ4n) is 4.11. The van der Waals surface area contributed by atoms with Crippen LogP contribution in [-0.4, -0.2) is 51.0 Å². The Kier molecular flexibility index (Phi) is 5.12. The molecule has 0 radical (unpaired) electrons. The van der Waals surface area contributed by atoms with Crippen LogP contribution in [0.3, 0.4) is 0 Å². The van der Waals surface area contributed by atoms with Crippen molar-refractivity contribution in [3.63, 3.8) is 0 Å². The molecule has 0 spiro atoms. The average molecular weight is 344 g/mol. The van der Waals surface area contributed by atoms with Gasteiger partial charge in [-0.3, -0.25) is 9.58 Å². The largest absolute Gasteiger partial charge is 0.334 e. The number of piperidine rings is 1. The minimum atomic E-state index is 0.276. The zero-order valence-electron chi connectivity index (χ0n) is 15.0. The summed E-state index contributed by atoms with van der Waals surface area (Å²) in [6.07, 6.45) is 11.2. The summed E-state index contributed by atoms with van der Waals surface area (Å²) in [7, 11) is 1.89. The molecule has 0 saturated carbocycles. The van der Waals surface area contributed by atoms with E-state index in [1.165, 1.54) is 38.6 Å². The minimum Gasteiger partial charge on any atom is -0.334 e. The van der Waals surface area contributed by atoms with E-state index in [0.717, 1.165) is 43.4 Å². The van der Waals surface area contributed by atoms with Crippen molar-refractivity contribution in [1.29, 1.82) is 0 Å². The summed E-state index contributed by atoms with van der Waals surface area (Å²) in [5.74, 6) is 2.15. The van der Waals surface area contributed by atoms with Gasteiger partial charge in [0.2, 0.25) is 0 Å². The fourth-order valence-corrected chi connectivity index (χ4v) is 4.11. The number of hydrogen-bond donors (Lipinski definition) is 1. The second-order valence-electron chi connectivity index (χ2n) is 7.43. The number of aromatic nitrogens is 4. The Balaban J connectivity index is 1.51. The van der Waals surface area contributed by atoms with Gasteiger partial charge in [-0.2, -0.15) is 10.1 Å². The monoisotopic (exact) mass is 344 g/mol. The van der Waals surface area contributed by atoms with Crippen LogP contribution in [0, 0.1) is 5.92 Å². The van der Waals surface area contributed by atoms with Crippen LogP contribution in [0.4, 0.5) is 0 Å². The molecule has 2 aromatic heterocycles. The third-order valence-corrected chi connectivity index (χ3v) is 5.45. The molecule has 0 aliphatic carbocycles. The van der Waals surface area contributed by atoms with Crippen LogP contribution in [0.25, 0.3) is 11.5 Å². The van der Waals surface area contributed by atoms with Crippen molar-refractivity contribution >= 4 is 0 Å². The summed E-state index contributed by atoms with van der Waals surface area (Å²) in [4.78, 5) is 7.31. The summed E-state index contributed by atoms with van der Waals surface area (Å²) in [5, 5.41) is 12.1. The molecule has 2 aliphatic heterocycles. The Morgan fingerprint density at radius 2 is 2.20 bits per heavy atom. The molecular weight excluding hydrogens is 316 g/mol. The molecule has 4 heterocycles. The van der Waals surface area contributed by atoms with E-state index in [9.17, 15) is 0 Å². The van der Waals surface area contributed by atoms with Crippen LogP contribution in [0.1, 0.15) is 50.4 Å². The van der Waals surface area contributed by atoms with Gasteiger partial charge >= 0.3 is 0 Å². The molecule has 2 fully saturated rings. The van der Waals surface area contributed by atoms with Crippen molar-refractivity contribution in [2.75, 3.05) is 26.2 Å². The molecular formula is C18H28N6O. The standard InChI is InChI=1S/C18H28N6O/c1-23-13-15(11-20-23)18-21-17(22-25-18)16-7-3-2-4-9-24(16)12-14-6-5-8-19-10-14/h11,13-14,16,19H,2-10,12H2,1H3. The molecule has 2 saturated heterocycles. The summed E-state index contributed by atoms with van der Waals surface area (Å²) in [6.45, 7) is 4.57. The van der Waals surface area contributed by atoms with Crippen molar-refractivity contribution < 1.29 is 4.52 Å². The first-order chi connectivity index (χ1) is 12.3. The lowest BCUT2D eigenvalue weighted by Gasteiger charge is -2.33. The van der Waals surface area contributed by atoms with Crippen LogP contribution in [-0.2, 0) is 7.05 Å². The molecule has 2 atom stereocenters. The Bertz CT molecular complexity index is 675. The number of nitrogens with one attached hydrogen (secondary N) is 1. The molecule has 136 valence electrons. The van der Waals surface area contributed by atoms with Crippen LogP contribution < -0.4 is 5.32 Å². The number of rotatable bonds is 4. The van der Waals surface area contributed by atoms with Gasteiger partial charge in [0.15, 0.2) is 5.82 Å². The third kappa shape index (κ3) is 3.93. The van der Waals surface area contributed by atoms with Gasteiger partial charge in [-0.05, 0) is 51.2 Å². The first kappa shape index (κ1) is 16.7. The van der Waals surface area contributed by atoms with E-state index in [1.54, 1.807) is 10.9 Å². The molecule has 0 aromatic carbocycles. The highest BCUT2D eigenvalue weighted by molar-refractivity contribution is 5.49. The Labute approximate surface area is 148 Å². The second kappa shape index (κ2) is 7.66. The summed E-state index contributed by atoms with van der Waals surface area (Å²) < 4.78 is 7.30. The van der Waals surface area contributed by atoms with Crippen LogP contribution >= 0.6 is 0 Å². The van der Waals surface area contributed by atoms with Gasteiger partial charge in [0, 0.05) is 19.8 Å². The van der Waals surface area contributed by atoms with Crippen LogP contribution in [0.2, 0.25) is 0 Å². The number of likely N-dealkylation sites (tertiary alicyclic amines) is 1. The second-order valence-corrected chi connectivity index (χ2v) is 7.43. The van der Waals surface area contributed by atoms with E-state index in [0.29, 0.717) is 5.89 Å². The predicted molar refractivity (Wildman–Crippen MR) is 94.9 cm³/mol. The number of hydrogen-bond acceptors (Lipinski definition) is 6. The molecule has 7 heteroatoms. The maximum absolute atomic E-state index is 5.54. The van der Waals surface area contributed by atoms with Crippen molar-refractivity contribution in [2.24, 2.45) is 13.0 Å². The zero-order chi connectivity index (χ0) is 17.1. The zero-order valence-corrected chi connectivity index (χ0v) is 15.0. The fraction of sp³-hybridized carbons (Fsp3) is 0.722. The first-order valence-corrected chi connectivity index (χ1v) is 9.57. The Morgan fingerprint density at radius 3 is 3.00 bits per heavy atom. The molecule has 25 heavy (non-hydrogen) atoms. The van der Waals surface area contributed by atoms with Crippen molar-refractivity contribution in [1.82, 2.24) is 30.1 Å². The molecule has 0 amide bonds. The molecule has 4 rings (SSSR count). The SMILES string of the molecule is Cn1cc(-c2nc(C3CCCCCN3CC3CCCNC3)no2)cn1. The first-order valence-electron chi connectivity index (χ1n) is 9.57. The lowest BCUT2D eigenvalue weighted by atomic mass is 9.98. The molecule has 0 bridgehead atoms. The van der Waals surface area contributed by atoms with Gasteiger partial charge in [0.25, 0.3) is 5.89 Å². The number of nitrogens with zero attached hydrogens (tertiary/aromatic N) is 5. The van der Waals surface area contributed by atoms with E-state index in [2.05, 4.69) is 20.5 Å². The van der Waals surface area contributed by atoms with Crippen LogP contribution in [0.15, 0.2) is 16.9 Å². The molecule has 2 aromatic rings. The highest BCUT2D eigenvalue weighted by Crippen LogP contribution is 2.31. The summed E-state index contributed by atoms with van der Waals surface area (Å²) in [5.41, 5.74) is 0.887. The normalized spacial score (nSPS) is 25.8. The maximum atomic E-state index is 5.54. The van der Waals surface area contributed by atoms with E-state index in [4.69, 9.17) is 9.51 Å². The van der Waals surface area contributed by atoms with E-state index in [1.807, 2.05) is 13.2 Å². The van der Waals surface area contributed by atoms with Gasteiger partial charge < -0.3 is 9.84 Å². The Hall–Kier alpha value is -1.73. The van der Waals surface area contributed by atoms with Crippen molar-refractivity contribution in [3.05, 3.63) is 18.2 Å². The van der Waals surface area contributed by atoms with Gasteiger partial charge in [-0.15, -0.1) is 0 Å². The summed E-state index contributed by atoms with van der Waals surface area (Å²) in [6, 6.07) is 0.276. The lowest BCUT2D eigenvalue weighted by molar-refractivity contribution is 0.148. The quantitative estimate of drug-likeness (QED) is 0.918. The summed E-state index contributed by atoms with van der Waals surface area (Å²) >= 11 is 0. The maximum Gasteiger partial charge on any atom is 0.261 e. The molecule has 1 N–H and O–H groups in total. The third-order valence-electron chi connectivity index (χ3n) is 5.45. The van der Waals surface area contributed by atoms with E-state index < -0.39 is 0 Å². The molecule has 2 aliphatic rings.